The Morgan fingerprint density at radius 3 is 1.00 bits per heavy atom. The van der Waals surface area contributed by atoms with E-state index in [-0.39, 0.29) is 0 Å². The first-order chi connectivity index (χ1) is 2.00. The van der Waals surface area contributed by atoms with Gasteiger partial charge in [-0.1, -0.05) is 13.2 Å². The third kappa shape index (κ3) is 1.26. The molecular formula is C4H7. The van der Waals surface area contributed by atoms with Crippen molar-refractivity contribution in [3.8, 4) is 0 Å². The molecule has 0 heterocycles. The van der Waals surface area contributed by atoms with E-state index in [9.17, 15) is 0 Å². The summed E-state index contributed by atoms with van der Waals surface area (Å²) in [7, 11) is 0. The minimum Gasteiger partial charge on any atom is -0.106 e. The van der Waals surface area contributed by atoms with Crippen molar-refractivity contribution in [1.82, 2.24) is 0 Å². The summed E-state index contributed by atoms with van der Waals surface area (Å²) in [6.45, 7) is 13.0. The molecular weight excluding hydrogens is 48.0 g/mol. The molecule has 0 saturated heterocycles. The van der Waals surface area contributed by atoms with E-state index in [0.29, 0.717) is 0 Å². The van der Waals surface area contributed by atoms with E-state index in [1.54, 1.807) is 0 Å². The number of hydrogen-bond acceptors (Lipinski definition) is 0. The zero-order chi connectivity index (χ0) is 4.00. The summed E-state index contributed by atoms with van der Waals surface area (Å²) in [5.41, 5.74) is 0. The first kappa shape index (κ1) is 9.77. The van der Waals surface area contributed by atoms with Gasteiger partial charge in [0.15, 0.2) is 0 Å². The molecule has 0 aromatic heterocycles. The topological polar surface area (TPSA) is 0 Å². The maximum absolute atomic E-state index is 4.25. The van der Waals surface area contributed by atoms with Gasteiger partial charge in [0.2, 0.25) is 0 Å². The van der Waals surface area contributed by atoms with Crippen molar-refractivity contribution < 1.29 is 0 Å². The summed E-state index contributed by atoms with van der Waals surface area (Å²) < 4.78 is 0. The van der Waals surface area contributed by atoms with Gasteiger partial charge in [-0.25, -0.2) is 0 Å². The molecule has 0 unspecified atom stereocenters. The predicted molar refractivity (Wildman–Crippen MR) is 21.2 cm³/mol. The van der Waals surface area contributed by atoms with Crippen LogP contribution in [0.2, 0.25) is 0 Å². The van der Waals surface area contributed by atoms with Gasteiger partial charge >= 0.3 is 0 Å². The number of rotatable bonds is 0. The summed E-state index contributed by atoms with van der Waals surface area (Å²) in [6.07, 6.45) is 0. The quantitative estimate of drug-likeness (QED) is 0.367. The third-order valence-corrected chi connectivity index (χ3v) is 0. The molecule has 0 aliphatic heterocycles. The van der Waals surface area contributed by atoms with Crippen molar-refractivity contribution >= 4 is 0 Å². The van der Waals surface area contributed by atoms with E-state index in [4.69, 9.17) is 0 Å². The van der Waals surface area contributed by atoms with Gasteiger partial charge in [-0.3, -0.25) is 0 Å². The van der Waals surface area contributed by atoms with Gasteiger partial charge in [-0.05, 0) is 0 Å². The van der Waals surface area contributed by atoms with Crippen LogP contribution in [0.1, 0.15) is 0 Å². The van der Waals surface area contributed by atoms with Crippen LogP contribution in [0.5, 0.6) is 0 Å². The third-order valence-electron chi connectivity index (χ3n) is 0. The average Bonchev–Trinajstić information content (AvgIpc) is 1.50. The van der Waals surface area contributed by atoms with E-state index >= 15 is 0 Å². The van der Waals surface area contributed by atoms with Crippen LogP contribution in [-0.2, 0) is 0 Å². The monoisotopic (exact) mass is 55.1 g/mol. The molecule has 1 radical (unpaired) electrons. The molecule has 4 heavy (non-hydrogen) atoms. The van der Waals surface area contributed by atoms with Crippen molar-refractivity contribution in [2.75, 3.05) is 0 Å². The fraction of sp³-hybridized carbons (Fsp3) is 0. The fourth-order valence-corrected chi connectivity index (χ4v) is 0. The van der Waals surface area contributed by atoms with Crippen LogP contribution in [0, 0.1) is 6.58 Å². The lowest BCUT2D eigenvalue weighted by atomic mass is 11.3. The largest absolute Gasteiger partial charge is 0.106 e. The Bertz CT molecular complexity index is 2.00. The summed E-state index contributed by atoms with van der Waals surface area (Å²) >= 11 is 0. The molecule has 23 valence electrons. The SMILES string of the molecule is C=C.[CH]=C. The Hall–Kier alpha value is -0.520. The number of hydrogen-bond donors (Lipinski definition) is 0. The molecule has 0 spiro atoms. The highest BCUT2D eigenvalue weighted by molar-refractivity contribution is 4.22. The highest BCUT2D eigenvalue weighted by atomic mass is 12.7. The van der Waals surface area contributed by atoms with Crippen molar-refractivity contribution in [2.24, 2.45) is 0 Å². The highest BCUT2D eigenvalue weighted by Gasteiger charge is 0.623. The van der Waals surface area contributed by atoms with E-state index in [0.717, 1.165) is 0 Å². The Balaban J connectivity index is 0. The van der Waals surface area contributed by atoms with E-state index < -0.39 is 0 Å². The van der Waals surface area contributed by atoms with Gasteiger partial charge in [-0.15, -0.1) is 13.2 Å². The molecule has 0 fully saturated rings. The van der Waals surface area contributed by atoms with E-state index in [2.05, 4.69) is 26.3 Å². The van der Waals surface area contributed by atoms with Gasteiger partial charge in [0, 0.05) is 0 Å². The van der Waals surface area contributed by atoms with Gasteiger partial charge in [-0.2, -0.15) is 0 Å². The summed E-state index contributed by atoms with van der Waals surface area (Å²) in [5, 5.41) is 0. The van der Waals surface area contributed by atoms with Crippen LogP contribution < -0.4 is 0 Å². The van der Waals surface area contributed by atoms with Crippen molar-refractivity contribution in [3.63, 3.8) is 0 Å². The minimum atomic E-state index is 2.75. The molecule has 0 aromatic rings. The molecule has 0 aliphatic rings. The Morgan fingerprint density at radius 1 is 1.00 bits per heavy atom. The van der Waals surface area contributed by atoms with Crippen molar-refractivity contribution in [1.29, 1.82) is 0 Å². The van der Waals surface area contributed by atoms with Crippen LogP contribution in [0.4, 0.5) is 0 Å². The molecule has 0 atom stereocenters. The molecule has 0 nitrogen and oxygen atoms in total. The van der Waals surface area contributed by atoms with Crippen LogP contribution in [0.15, 0.2) is 19.7 Å². The maximum Gasteiger partial charge on any atom is -0.0701 e. The molecule has 0 bridgehead atoms. The standard InChI is InChI=1S/C2H4.C2H3/c2*1-2/h1-2H2;1H,2H2. The maximum atomic E-state index is 4.25. The van der Waals surface area contributed by atoms with Crippen molar-refractivity contribution in [3.05, 3.63) is 26.3 Å². The van der Waals surface area contributed by atoms with Crippen LogP contribution >= 0.6 is 0 Å². The lowest BCUT2D eigenvalue weighted by Gasteiger charge is -0.813. The van der Waals surface area contributed by atoms with Crippen LogP contribution in [0.25, 0.3) is 0 Å². The first-order valence-corrected chi connectivity index (χ1v) is 0.908. The van der Waals surface area contributed by atoms with Gasteiger partial charge in [0.05, 0.1) is 0 Å². The second-order valence-electron chi connectivity index (χ2n) is 0. The van der Waals surface area contributed by atoms with Crippen molar-refractivity contribution in [2.45, 2.75) is 0 Å². The second kappa shape index (κ2) is 20.1. The van der Waals surface area contributed by atoms with Crippen LogP contribution in [0.3, 0.4) is 0 Å². The molecule has 0 rings (SSSR count). The Labute approximate surface area is 27.5 Å². The summed E-state index contributed by atoms with van der Waals surface area (Å²) in [5.74, 6) is 0. The predicted octanol–water partition coefficient (Wildman–Crippen LogP) is 1.41. The molecule has 0 N–H and O–H groups in total. The zero-order valence-corrected chi connectivity index (χ0v) is 2.70. The van der Waals surface area contributed by atoms with Gasteiger partial charge < -0.3 is 0 Å². The second-order valence-corrected chi connectivity index (χ2v) is 0. The average molecular weight is 55.1 g/mol. The molecule has 0 aliphatic carbocycles. The van der Waals surface area contributed by atoms with Gasteiger partial charge in [0.1, 0.15) is 0 Å². The normalized spacial score (nSPS) is 2.00. The Kier molecular flexibility index (Phi) is 49.1. The Morgan fingerprint density at radius 2 is 1.00 bits per heavy atom. The van der Waals surface area contributed by atoms with Gasteiger partial charge in [0.25, 0.3) is 0 Å². The van der Waals surface area contributed by atoms with Crippen LogP contribution in [-0.4, -0.2) is 0 Å². The first-order valence-electron chi connectivity index (χ1n) is 0.908. The summed E-state index contributed by atoms with van der Waals surface area (Å²) in [4.78, 5) is 0. The zero-order valence-electron chi connectivity index (χ0n) is 2.70. The van der Waals surface area contributed by atoms with E-state index in [1.807, 2.05) is 0 Å². The fourth-order valence-electron chi connectivity index (χ4n) is 0. The lowest BCUT2D eigenvalue weighted by molar-refractivity contribution is 2.66. The lowest BCUT2D eigenvalue weighted by Crippen LogP contribution is -0.590. The highest BCUT2D eigenvalue weighted by Crippen LogP contribution is 0.862. The molecule has 0 saturated carbocycles. The molecule has 0 aromatic carbocycles. The molecule has 0 amide bonds. The minimum absolute atomic E-state index is 2.75. The van der Waals surface area contributed by atoms with E-state index in [1.165, 1.54) is 0 Å². The molecule has 0 heteroatoms. The summed E-state index contributed by atoms with van der Waals surface area (Å²) in [6, 6.07) is 0. The smallest absolute Gasteiger partial charge is 0.0701 e.